The van der Waals surface area contributed by atoms with Crippen LogP contribution in [-0.2, 0) is 19.6 Å². The Morgan fingerprint density at radius 3 is 2.55 bits per heavy atom. The van der Waals surface area contributed by atoms with Gasteiger partial charge in [0.25, 0.3) is 0 Å². The maximum Gasteiger partial charge on any atom is 0.123 e. The zero-order valence-corrected chi connectivity index (χ0v) is 12.1. The minimum atomic E-state index is -0.207. The lowest BCUT2D eigenvalue weighted by atomic mass is 10.1. The van der Waals surface area contributed by atoms with E-state index < -0.39 is 0 Å². The fraction of sp³-hybridized carbons (Fsp3) is 0.294. The number of aryl methyl sites for hydroxylation is 1. The molecule has 0 radical (unpaired) electrons. The monoisotopic (exact) mass is 272 g/mol. The predicted octanol–water partition coefficient (Wildman–Crippen LogP) is 3.22. The summed E-state index contributed by atoms with van der Waals surface area (Å²) in [7, 11) is 2.04. The summed E-state index contributed by atoms with van der Waals surface area (Å²) in [4.78, 5) is 2.17. The van der Waals surface area contributed by atoms with E-state index >= 15 is 0 Å². The molecule has 0 saturated carbocycles. The number of hydrogen-bond acceptors (Lipinski definition) is 2. The van der Waals surface area contributed by atoms with Gasteiger partial charge in [-0.25, -0.2) is 4.39 Å². The Kier molecular flexibility index (Phi) is 4.88. The van der Waals surface area contributed by atoms with Crippen LogP contribution in [0.4, 0.5) is 4.39 Å². The molecule has 0 saturated heterocycles. The van der Waals surface area contributed by atoms with Crippen LogP contribution < -0.4 is 5.73 Å². The van der Waals surface area contributed by atoms with Crippen LogP contribution in [0.1, 0.15) is 22.3 Å². The van der Waals surface area contributed by atoms with E-state index in [0.29, 0.717) is 13.1 Å². The van der Waals surface area contributed by atoms with Crippen molar-refractivity contribution in [3.05, 3.63) is 70.5 Å². The second-order valence-corrected chi connectivity index (χ2v) is 5.28. The van der Waals surface area contributed by atoms with Gasteiger partial charge in [0.05, 0.1) is 0 Å². The molecule has 20 heavy (non-hydrogen) atoms. The smallest absolute Gasteiger partial charge is 0.123 e. The third-order valence-electron chi connectivity index (χ3n) is 3.36. The first kappa shape index (κ1) is 14.7. The Morgan fingerprint density at radius 2 is 1.85 bits per heavy atom. The van der Waals surface area contributed by atoms with Crippen molar-refractivity contribution in [1.82, 2.24) is 4.90 Å². The van der Waals surface area contributed by atoms with Gasteiger partial charge in [0.1, 0.15) is 5.82 Å². The van der Waals surface area contributed by atoms with E-state index in [2.05, 4.69) is 36.1 Å². The van der Waals surface area contributed by atoms with Crippen molar-refractivity contribution in [2.24, 2.45) is 5.73 Å². The molecule has 3 heteroatoms. The van der Waals surface area contributed by atoms with E-state index in [1.54, 1.807) is 12.1 Å². The highest BCUT2D eigenvalue weighted by Crippen LogP contribution is 2.15. The zero-order valence-electron chi connectivity index (χ0n) is 12.1. The van der Waals surface area contributed by atoms with Crippen molar-refractivity contribution in [2.75, 3.05) is 7.05 Å². The second-order valence-electron chi connectivity index (χ2n) is 5.28. The molecule has 2 rings (SSSR count). The summed E-state index contributed by atoms with van der Waals surface area (Å²) in [6.07, 6.45) is 0. The molecule has 0 unspecified atom stereocenters. The SMILES string of the molecule is Cc1cccc(CN(C)Cc2cc(F)ccc2CN)c1. The van der Waals surface area contributed by atoms with Crippen LogP contribution in [0, 0.1) is 12.7 Å². The first-order valence-corrected chi connectivity index (χ1v) is 6.80. The van der Waals surface area contributed by atoms with Crippen molar-refractivity contribution >= 4 is 0 Å². The largest absolute Gasteiger partial charge is 0.326 e. The Balaban J connectivity index is 2.08. The molecule has 2 N–H and O–H groups in total. The molecule has 0 aliphatic rings. The third-order valence-corrected chi connectivity index (χ3v) is 3.36. The molecule has 0 aliphatic heterocycles. The van der Waals surface area contributed by atoms with Crippen molar-refractivity contribution in [2.45, 2.75) is 26.6 Å². The minimum Gasteiger partial charge on any atom is -0.326 e. The van der Waals surface area contributed by atoms with Gasteiger partial charge in [-0.2, -0.15) is 0 Å². The molecule has 0 heterocycles. The topological polar surface area (TPSA) is 29.3 Å². The van der Waals surface area contributed by atoms with Crippen LogP contribution in [0.25, 0.3) is 0 Å². The number of benzene rings is 2. The molecule has 2 aromatic carbocycles. The fourth-order valence-corrected chi connectivity index (χ4v) is 2.41. The summed E-state index contributed by atoms with van der Waals surface area (Å²) in [5.41, 5.74) is 10.2. The lowest BCUT2D eigenvalue weighted by molar-refractivity contribution is 0.317. The number of hydrogen-bond donors (Lipinski definition) is 1. The van der Waals surface area contributed by atoms with Gasteiger partial charge in [0.2, 0.25) is 0 Å². The van der Waals surface area contributed by atoms with Crippen LogP contribution in [-0.4, -0.2) is 11.9 Å². The summed E-state index contributed by atoms with van der Waals surface area (Å²) in [5, 5.41) is 0. The lowest BCUT2D eigenvalue weighted by Crippen LogP contribution is -2.19. The summed E-state index contributed by atoms with van der Waals surface area (Å²) < 4.78 is 13.4. The second kappa shape index (κ2) is 6.64. The van der Waals surface area contributed by atoms with E-state index in [1.165, 1.54) is 17.2 Å². The molecule has 0 aromatic heterocycles. The van der Waals surface area contributed by atoms with Crippen LogP contribution in [0.3, 0.4) is 0 Å². The van der Waals surface area contributed by atoms with E-state index in [4.69, 9.17) is 5.73 Å². The summed E-state index contributed by atoms with van der Waals surface area (Å²) >= 11 is 0. The molecule has 0 atom stereocenters. The Morgan fingerprint density at radius 1 is 1.05 bits per heavy atom. The van der Waals surface area contributed by atoms with Crippen molar-refractivity contribution in [1.29, 1.82) is 0 Å². The summed E-state index contributed by atoms with van der Waals surface area (Å²) in [6.45, 7) is 4.05. The first-order chi connectivity index (χ1) is 9.58. The van der Waals surface area contributed by atoms with E-state index in [9.17, 15) is 4.39 Å². The quantitative estimate of drug-likeness (QED) is 0.905. The van der Waals surface area contributed by atoms with Gasteiger partial charge < -0.3 is 5.73 Å². The number of nitrogens with two attached hydrogens (primary N) is 1. The minimum absolute atomic E-state index is 0.207. The summed E-state index contributed by atoms with van der Waals surface area (Å²) in [5.74, 6) is -0.207. The molecular weight excluding hydrogens is 251 g/mol. The molecule has 0 bridgehead atoms. The number of nitrogens with zero attached hydrogens (tertiary/aromatic N) is 1. The van der Waals surface area contributed by atoms with Crippen LogP contribution >= 0.6 is 0 Å². The lowest BCUT2D eigenvalue weighted by Gasteiger charge is -2.19. The molecule has 0 amide bonds. The standard InChI is InChI=1S/C17H21FN2/c1-13-4-3-5-14(8-13)11-20(2)12-16-9-17(18)7-6-15(16)10-19/h3-9H,10-12,19H2,1-2H3. The molecule has 2 nitrogen and oxygen atoms in total. The van der Waals surface area contributed by atoms with Crippen LogP contribution in [0.15, 0.2) is 42.5 Å². The van der Waals surface area contributed by atoms with E-state index in [0.717, 1.165) is 17.7 Å². The Hall–Kier alpha value is -1.71. The Bertz CT molecular complexity index is 581. The van der Waals surface area contributed by atoms with Gasteiger partial charge >= 0.3 is 0 Å². The highest BCUT2D eigenvalue weighted by Gasteiger charge is 2.07. The number of halogens is 1. The van der Waals surface area contributed by atoms with Crippen molar-refractivity contribution < 1.29 is 4.39 Å². The van der Waals surface area contributed by atoms with Gasteiger partial charge in [-0.05, 0) is 42.8 Å². The highest BCUT2D eigenvalue weighted by molar-refractivity contribution is 5.28. The maximum atomic E-state index is 13.4. The van der Waals surface area contributed by atoms with Gasteiger partial charge in [0, 0.05) is 19.6 Å². The third kappa shape index (κ3) is 3.89. The average molecular weight is 272 g/mol. The molecule has 0 fully saturated rings. The van der Waals surface area contributed by atoms with E-state index in [1.807, 2.05) is 7.05 Å². The highest BCUT2D eigenvalue weighted by atomic mass is 19.1. The van der Waals surface area contributed by atoms with Crippen LogP contribution in [0.5, 0.6) is 0 Å². The molecule has 0 spiro atoms. The van der Waals surface area contributed by atoms with Gasteiger partial charge in [-0.15, -0.1) is 0 Å². The number of rotatable bonds is 5. The average Bonchev–Trinajstić information content (AvgIpc) is 2.38. The first-order valence-electron chi connectivity index (χ1n) is 6.80. The molecule has 0 aliphatic carbocycles. The van der Waals surface area contributed by atoms with Gasteiger partial charge in [-0.1, -0.05) is 35.9 Å². The van der Waals surface area contributed by atoms with Gasteiger partial charge in [-0.3, -0.25) is 4.90 Å². The van der Waals surface area contributed by atoms with Gasteiger partial charge in [0.15, 0.2) is 0 Å². The predicted molar refractivity (Wildman–Crippen MR) is 80.6 cm³/mol. The molecular formula is C17H21FN2. The molecule has 2 aromatic rings. The van der Waals surface area contributed by atoms with Crippen molar-refractivity contribution in [3.63, 3.8) is 0 Å². The van der Waals surface area contributed by atoms with E-state index in [-0.39, 0.29) is 5.82 Å². The summed E-state index contributed by atoms with van der Waals surface area (Å²) in [6, 6.07) is 13.2. The fourth-order valence-electron chi connectivity index (χ4n) is 2.41. The molecule has 106 valence electrons. The van der Waals surface area contributed by atoms with Crippen molar-refractivity contribution in [3.8, 4) is 0 Å². The van der Waals surface area contributed by atoms with Crippen LogP contribution in [0.2, 0.25) is 0 Å². The maximum absolute atomic E-state index is 13.4. The zero-order chi connectivity index (χ0) is 14.5. The normalized spacial score (nSPS) is 11.1. The Labute approximate surface area is 120 Å².